The monoisotopic (exact) mass is 652 g/mol. The van der Waals surface area contributed by atoms with Gasteiger partial charge < -0.3 is 13.6 Å². The Bertz CT molecular complexity index is 2800. The zero-order chi connectivity index (χ0) is 30.4. The van der Waals surface area contributed by atoms with Gasteiger partial charge in [-0.25, -0.2) is 0 Å². The van der Waals surface area contributed by atoms with Crippen molar-refractivity contribution in [2.24, 2.45) is 0 Å². The van der Waals surface area contributed by atoms with Crippen molar-refractivity contribution in [3.63, 3.8) is 0 Å². The average molecular weight is 654 g/mol. The first-order valence-corrected chi connectivity index (χ1v) is 16.3. The molecule has 0 aliphatic carbocycles. The van der Waals surface area contributed by atoms with Crippen LogP contribution in [0.5, 0.6) is 0 Å². The quantitative estimate of drug-likeness (QED) is 0.186. The predicted octanol–water partition coefficient (Wildman–Crippen LogP) is 12.2. The molecule has 0 N–H and O–H groups in total. The van der Waals surface area contributed by atoms with Gasteiger partial charge in [0.25, 0.3) is 0 Å². The highest BCUT2D eigenvalue weighted by Crippen LogP contribution is 2.42. The van der Waals surface area contributed by atoms with Crippen molar-refractivity contribution >= 4 is 81.5 Å². The van der Waals surface area contributed by atoms with Crippen LogP contribution in [0.2, 0.25) is 0 Å². The molecule has 0 spiro atoms. The summed E-state index contributed by atoms with van der Waals surface area (Å²) in [6, 6.07) is 54.4. The Labute approximate surface area is 272 Å². The topological polar surface area (TPSA) is 23.0 Å². The molecular formula is C42H25BrN2O. The van der Waals surface area contributed by atoms with Crippen molar-refractivity contribution in [3.05, 3.63) is 156 Å². The van der Waals surface area contributed by atoms with Gasteiger partial charge in [0.15, 0.2) is 0 Å². The molecule has 0 radical (unpaired) electrons. The van der Waals surface area contributed by atoms with Crippen LogP contribution in [-0.4, -0.2) is 9.13 Å². The van der Waals surface area contributed by atoms with Gasteiger partial charge in [-0.15, -0.1) is 0 Å². The van der Waals surface area contributed by atoms with E-state index in [1.54, 1.807) is 0 Å². The van der Waals surface area contributed by atoms with Crippen LogP contribution in [0.15, 0.2) is 161 Å². The van der Waals surface area contributed by atoms with Crippen molar-refractivity contribution in [1.82, 2.24) is 9.13 Å². The molecule has 0 fully saturated rings. The molecule has 0 atom stereocenters. The molecule has 3 nitrogen and oxygen atoms in total. The maximum atomic E-state index is 6.18. The molecule has 7 aromatic carbocycles. The van der Waals surface area contributed by atoms with Crippen molar-refractivity contribution in [2.75, 3.05) is 0 Å². The third-order valence-corrected chi connectivity index (χ3v) is 10.0. The molecule has 0 aliphatic rings. The molecule has 46 heavy (non-hydrogen) atoms. The number of furan rings is 1. The van der Waals surface area contributed by atoms with E-state index < -0.39 is 0 Å². The number of para-hydroxylation sites is 3. The lowest BCUT2D eigenvalue weighted by molar-refractivity contribution is 0.669. The van der Waals surface area contributed by atoms with E-state index in [1.807, 2.05) is 12.1 Å². The summed E-state index contributed by atoms with van der Waals surface area (Å²) >= 11 is 3.75. The largest absolute Gasteiger partial charge is 0.456 e. The van der Waals surface area contributed by atoms with Gasteiger partial charge in [0.2, 0.25) is 0 Å². The number of hydrogen-bond acceptors (Lipinski definition) is 1. The highest BCUT2D eigenvalue weighted by molar-refractivity contribution is 9.10. The molecule has 0 saturated heterocycles. The van der Waals surface area contributed by atoms with Crippen LogP contribution in [-0.2, 0) is 0 Å². The minimum atomic E-state index is 0.890. The second-order valence-corrected chi connectivity index (χ2v) is 12.8. The SMILES string of the molecule is Brc1cccc2oc3ccc(-c4ccc5c(c4)c4cc6c(cc4n5-c4ccccc4)c4ccccc4n6-c4ccccc4)cc3c12. The zero-order valence-electron chi connectivity index (χ0n) is 24.6. The number of aromatic nitrogens is 2. The Morgan fingerprint density at radius 2 is 0.957 bits per heavy atom. The van der Waals surface area contributed by atoms with E-state index in [-0.39, 0.29) is 0 Å². The molecule has 0 amide bonds. The first-order chi connectivity index (χ1) is 22.7. The molecule has 4 heteroatoms. The van der Waals surface area contributed by atoms with Gasteiger partial charge >= 0.3 is 0 Å². The summed E-state index contributed by atoms with van der Waals surface area (Å²) < 4.78 is 12.0. The van der Waals surface area contributed by atoms with Gasteiger partial charge in [0.05, 0.1) is 22.1 Å². The zero-order valence-corrected chi connectivity index (χ0v) is 26.2. The molecule has 10 aromatic rings. The van der Waals surface area contributed by atoms with Gasteiger partial charge in [-0.1, -0.05) is 88.7 Å². The van der Waals surface area contributed by atoms with E-state index in [2.05, 4.69) is 165 Å². The van der Waals surface area contributed by atoms with Gasteiger partial charge in [0.1, 0.15) is 11.2 Å². The first-order valence-electron chi connectivity index (χ1n) is 15.5. The average Bonchev–Trinajstić information content (AvgIpc) is 3.75. The number of benzene rings is 7. The van der Waals surface area contributed by atoms with E-state index in [0.717, 1.165) is 43.3 Å². The number of rotatable bonds is 3. The Balaban J connectivity index is 1.30. The second-order valence-electron chi connectivity index (χ2n) is 11.9. The van der Waals surface area contributed by atoms with E-state index in [9.17, 15) is 0 Å². The van der Waals surface area contributed by atoms with E-state index in [1.165, 1.54) is 49.2 Å². The summed E-state index contributed by atoms with van der Waals surface area (Å²) in [5.41, 5.74) is 11.2. The molecule has 10 rings (SSSR count). The van der Waals surface area contributed by atoms with E-state index in [0.29, 0.717) is 0 Å². The van der Waals surface area contributed by atoms with Crippen LogP contribution >= 0.6 is 15.9 Å². The Kier molecular flexibility index (Phi) is 5.43. The van der Waals surface area contributed by atoms with Crippen molar-refractivity contribution < 1.29 is 4.42 Å². The Hall–Kier alpha value is -5.58. The summed E-state index contributed by atoms with van der Waals surface area (Å²) in [5.74, 6) is 0. The summed E-state index contributed by atoms with van der Waals surface area (Å²) in [4.78, 5) is 0. The third kappa shape index (κ3) is 3.65. The van der Waals surface area contributed by atoms with Crippen LogP contribution in [0.4, 0.5) is 0 Å². The molecular weight excluding hydrogens is 628 g/mol. The van der Waals surface area contributed by atoms with Crippen molar-refractivity contribution in [3.8, 4) is 22.5 Å². The lowest BCUT2D eigenvalue weighted by atomic mass is 10.0. The maximum Gasteiger partial charge on any atom is 0.136 e. The molecule has 3 aromatic heterocycles. The smallest absolute Gasteiger partial charge is 0.136 e. The Morgan fingerprint density at radius 1 is 0.391 bits per heavy atom. The van der Waals surface area contributed by atoms with Crippen LogP contribution < -0.4 is 0 Å². The molecule has 3 heterocycles. The lowest BCUT2D eigenvalue weighted by Crippen LogP contribution is -1.94. The molecule has 216 valence electrons. The van der Waals surface area contributed by atoms with Gasteiger partial charge in [-0.05, 0) is 90.0 Å². The van der Waals surface area contributed by atoms with Crippen LogP contribution in [0, 0.1) is 0 Å². The first kappa shape index (κ1) is 25.7. The fourth-order valence-electron chi connectivity index (χ4n) is 7.33. The third-order valence-electron chi connectivity index (χ3n) is 9.36. The number of hydrogen-bond donors (Lipinski definition) is 0. The molecule has 0 aliphatic heterocycles. The highest BCUT2D eigenvalue weighted by atomic mass is 79.9. The van der Waals surface area contributed by atoms with E-state index in [4.69, 9.17) is 4.42 Å². The summed E-state index contributed by atoms with van der Waals surface area (Å²) in [5, 5.41) is 7.17. The number of nitrogens with zero attached hydrogens (tertiary/aromatic N) is 2. The molecule has 0 saturated carbocycles. The van der Waals surface area contributed by atoms with Gasteiger partial charge in [-0.3, -0.25) is 0 Å². The number of halogens is 1. The fraction of sp³-hybridized carbons (Fsp3) is 0. The second kappa shape index (κ2) is 9.71. The van der Waals surface area contributed by atoms with Gasteiger partial charge in [0, 0.05) is 48.2 Å². The fourth-order valence-corrected chi connectivity index (χ4v) is 7.90. The van der Waals surface area contributed by atoms with Crippen molar-refractivity contribution in [2.45, 2.75) is 0 Å². The van der Waals surface area contributed by atoms with Crippen LogP contribution in [0.3, 0.4) is 0 Å². The van der Waals surface area contributed by atoms with E-state index >= 15 is 0 Å². The summed E-state index contributed by atoms with van der Waals surface area (Å²) in [7, 11) is 0. The van der Waals surface area contributed by atoms with Crippen molar-refractivity contribution in [1.29, 1.82) is 0 Å². The number of fused-ring (bicyclic) bond motifs is 9. The maximum absolute atomic E-state index is 6.18. The normalized spacial score (nSPS) is 12.0. The highest BCUT2D eigenvalue weighted by Gasteiger charge is 2.19. The molecule has 0 bridgehead atoms. The summed E-state index contributed by atoms with van der Waals surface area (Å²) in [6.45, 7) is 0. The Morgan fingerprint density at radius 3 is 1.67 bits per heavy atom. The van der Waals surface area contributed by atoms with Crippen LogP contribution in [0.1, 0.15) is 0 Å². The molecule has 0 unspecified atom stereocenters. The summed E-state index contributed by atoms with van der Waals surface area (Å²) in [6.07, 6.45) is 0. The minimum absolute atomic E-state index is 0.890. The standard InChI is InChI=1S/C42H25BrN2O/c43-35-15-9-17-41-42(35)34-23-27(19-21-40(34)46-41)26-18-20-37-31(22-26)33-25-38-32(24-39(33)45(37)29-12-5-2-6-13-29)30-14-7-8-16-36(30)44(38)28-10-3-1-4-11-28/h1-25H. The van der Waals surface area contributed by atoms with Crippen LogP contribution in [0.25, 0.3) is 88.1 Å². The van der Waals surface area contributed by atoms with Gasteiger partial charge in [-0.2, -0.15) is 0 Å². The predicted molar refractivity (Wildman–Crippen MR) is 196 cm³/mol. The minimum Gasteiger partial charge on any atom is -0.456 e. The lowest BCUT2D eigenvalue weighted by Gasteiger charge is -2.09.